The Bertz CT molecular complexity index is 656. The van der Waals surface area contributed by atoms with Crippen LogP contribution in [0.5, 0.6) is 5.75 Å². The molecule has 1 atom stereocenters. The van der Waals surface area contributed by atoms with Gasteiger partial charge in [0, 0.05) is 12.1 Å². The van der Waals surface area contributed by atoms with Gasteiger partial charge in [-0.1, -0.05) is 62.4 Å². The second kappa shape index (κ2) is 9.84. The Morgan fingerprint density at radius 1 is 1.08 bits per heavy atom. The number of hydrogen-bond donors (Lipinski definition) is 2. The third kappa shape index (κ3) is 6.59. The average Bonchev–Trinajstić information content (AvgIpc) is 2.61. The molecule has 0 aliphatic rings. The van der Waals surface area contributed by atoms with Crippen LogP contribution in [0.3, 0.4) is 0 Å². The Labute approximate surface area is 150 Å². The molecule has 2 aromatic rings. The summed E-state index contributed by atoms with van der Waals surface area (Å²) in [6.07, 6.45) is 1.53. The van der Waals surface area contributed by atoms with Crippen LogP contribution in [0.25, 0.3) is 0 Å². The van der Waals surface area contributed by atoms with Gasteiger partial charge in [-0.25, -0.2) is 0 Å². The van der Waals surface area contributed by atoms with Crippen molar-refractivity contribution < 1.29 is 9.53 Å². The van der Waals surface area contributed by atoms with Crippen molar-refractivity contribution in [3.05, 3.63) is 65.7 Å². The summed E-state index contributed by atoms with van der Waals surface area (Å²) in [6.45, 7) is 5.43. The summed E-state index contributed by atoms with van der Waals surface area (Å²) >= 11 is 0. The van der Waals surface area contributed by atoms with Gasteiger partial charge in [-0.2, -0.15) is 0 Å². The molecule has 4 heteroatoms. The Kier molecular flexibility index (Phi) is 7.48. The molecule has 0 heterocycles. The summed E-state index contributed by atoms with van der Waals surface area (Å²) in [5.41, 5.74) is 8.04. The number of nitrogens with one attached hydrogen (secondary N) is 1. The Balaban J connectivity index is 1.86. The van der Waals surface area contributed by atoms with Crippen LogP contribution in [0.2, 0.25) is 0 Å². The molecular weight excluding hydrogens is 312 g/mol. The predicted molar refractivity (Wildman–Crippen MR) is 101 cm³/mol. The number of carbonyl (C=O) groups is 1. The SMILES string of the molecule is CC(C)CCOc1ccccc1CNC(=O)[C@@H](N)Cc1ccccc1. The van der Waals surface area contributed by atoms with Gasteiger partial charge in [-0.15, -0.1) is 0 Å². The van der Waals surface area contributed by atoms with Crippen LogP contribution in [0.4, 0.5) is 0 Å². The van der Waals surface area contributed by atoms with Gasteiger partial charge in [0.15, 0.2) is 0 Å². The summed E-state index contributed by atoms with van der Waals surface area (Å²) in [5.74, 6) is 1.27. The van der Waals surface area contributed by atoms with E-state index in [0.29, 0.717) is 25.5 Å². The van der Waals surface area contributed by atoms with Crippen LogP contribution in [0.1, 0.15) is 31.4 Å². The number of nitrogens with two attached hydrogens (primary N) is 1. The van der Waals surface area contributed by atoms with Crippen LogP contribution in [0.15, 0.2) is 54.6 Å². The van der Waals surface area contributed by atoms with Gasteiger partial charge < -0.3 is 15.8 Å². The number of amides is 1. The number of ether oxygens (including phenoxy) is 1. The lowest BCUT2D eigenvalue weighted by atomic mass is 10.1. The third-order valence-corrected chi connectivity index (χ3v) is 4.01. The van der Waals surface area contributed by atoms with Crippen molar-refractivity contribution in [2.75, 3.05) is 6.61 Å². The Morgan fingerprint density at radius 2 is 1.76 bits per heavy atom. The van der Waals surface area contributed by atoms with Gasteiger partial charge in [0.1, 0.15) is 5.75 Å². The van der Waals surface area contributed by atoms with Gasteiger partial charge in [0.2, 0.25) is 5.91 Å². The lowest BCUT2D eigenvalue weighted by Gasteiger charge is -2.15. The first-order chi connectivity index (χ1) is 12.1. The van der Waals surface area contributed by atoms with Crippen LogP contribution < -0.4 is 15.8 Å². The van der Waals surface area contributed by atoms with Gasteiger partial charge in [-0.05, 0) is 30.4 Å². The highest BCUT2D eigenvalue weighted by Gasteiger charge is 2.14. The van der Waals surface area contributed by atoms with E-state index in [9.17, 15) is 4.79 Å². The van der Waals surface area contributed by atoms with E-state index in [1.807, 2.05) is 54.6 Å². The molecule has 3 N–H and O–H groups in total. The maximum absolute atomic E-state index is 12.3. The monoisotopic (exact) mass is 340 g/mol. The Morgan fingerprint density at radius 3 is 2.48 bits per heavy atom. The van der Waals surface area contributed by atoms with Crippen molar-refractivity contribution >= 4 is 5.91 Å². The van der Waals surface area contributed by atoms with Crippen LogP contribution in [0, 0.1) is 5.92 Å². The fraction of sp³-hybridized carbons (Fsp3) is 0.381. The second-order valence-corrected chi connectivity index (χ2v) is 6.65. The number of rotatable bonds is 9. The topological polar surface area (TPSA) is 64.3 Å². The molecule has 0 spiro atoms. The molecule has 0 radical (unpaired) electrons. The molecule has 2 rings (SSSR count). The number of benzene rings is 2. The summed E-state index contributed by atoms with van der Waals surface area (Å²) in [5, 5.41) is 2.91. The van der Waals surface area contributed by atoms with Crippen LogP contribution in [-0.2, 0) is 17.8 Å². The molecule has 0 saturated heterocycles. The van der Waals surface area contributed by atoms with Crippen molar-refractivity contribution in [2.24, 2.45) is 11.7 Å². The van der Waals surface area contributed by atoms with E-state index in [1.54, 1.807) is 0 Å². The summed E-state index contributed by atoms with van der Waals surface area (Å²) < 4.78 is 5.85. The minimum atomic E-state index is -0.559. The van der Waals surface area contributed by atoms with E-state index in [2.05, 4.69) is 19.2 Å². The number of hydrogen-bond acceptors (Lipinski definition) is 3. The molecule has 4 nitrogen and oxygen atoms in total. The summed E-state index contributed by atoms with van der Waals surface area (Å²) in [7, 11) is 0. The minimum Gasteiger partial charge on any atom is -0.493 e. The molecular formula is C21H28N2O2. The standard InChI is InChI=1S/C21H28N2O2/c1-16(2)12-13-25-20-11-7-6-10-18(20)15-23-21(24)19(22)14-17-8-4-3-5-9-17/h3-11,16,19H,12-15,22H2,1-2H3,(H,23,24)/t19-/m0/s1. The molecule has 0 bridgehead atoms. The van der Waals surface area contributed by atoms with Gasteiger partial charge >= 0.3 is 0 Å². The molecule has 0 aliphatic carbocycles. The first-order valence-corrected chi connectivity index (χ1v) is 8.84. The molecule has 0 saturated carbocycles. The molecule has 0 aromatic heterocycles. The summed E-state index contributed by atoms with van der Waals surface area (Å²) in [4.78, 5) is 12.3. The van der Waals surface area contributed by atoms with Crippen molar-refractivity contribution in [3.8, 4) is 5.75 Å². The zero-order chi connectivity index (χ0) is 18.1. The fourth-order valence-electron chi connectivity index (χ4n) is 2.47. The minimum absolute atomic E-state index is 0.152. The zero-order valence-electron chi connectivity index (χ0n) is 15.1. The van der Waals surface area contributed by atoms with E-state index >= 15 is 0 Å². The quantitative estimate of drug-likeness (QED) is 0.736. The average molecular weight is 340 g/mol. The Hall–Kier alpha value is -2.33. The highest BCUT2D eigenvalue weighted by Crippen LogP contribution is 2.18. The normalized spacial score (nSPS) is 12.0. The molecule has 0 unspecified atom stereocenters. The highest BCUT2D eigenvalue weighted by atomic mass is 16.5. The van der Waals surface area contributed by atoms with E-state index in [1.165, 1.54) is 0 Å². The van der Waals surface area contributed by atoms with Gasteiger partial charge in [0.25, 0.3) is 0 Å². The van der Waals surface area contributed by atoms with E-state index in [-0.39, 0.29) is 5.91 Å². The first-order valence-electron chi connectivity index (χ1n) is 8.84. The zero-order valence-corrected chi connectivity index (χ0v) is 15.1. The lowest BCUT2D eigenvalue weighted by Crippen LogP contribution is -2.41. The maximum Gasteiger partial charge on any atom is 0.237 e. The first kappa shape index (κ1) is 19.0. The molecule has 1 amide bonds. The number of carbonyl (C=O) groups excluding carboxylic acids is 1. The van der Waals surface area contributed by atoms with E-state index in [4.69, 9.17) is 10.5 Å². The predicted octanol–water partition coefficient (Wildman–Crippen LogP) is 3.30. The lowest BCUT2D eigenvalue weighted by molar-refractivity contribution is -0.122. The second-order valence-electron chi connectivity index (χ2n) is 6.65. The third-order valence-electron chi connectivity index (χ3n) is 4.01. The van der Waals surface area contributed by atoms with E-state index < -0.39 is 6.04 Å². The largest absolute Gasteiger partial charge is 0.493 e. The molecule has 134 valence electrons. The molecule has 25 heavy (non-hydrogen) atoms. The van der Waals surface area contributed by atoms with E-state index in [0.717, 1.165) is 23.3 Å². The summed E-state index contributed by atoms with van der Waals surface area (Å²) in [6, 6.07) is 17.0. The van der Waals surface area contributed by atoms with Crippen molar-refractivity contribution in [1.82, 2.24) is 5.32 Å². The maximum atomic E-state index is 12.3. The van der Waals surface area contributed by atoms with Crippen LogP contribution >= 0.6 is 0 Å². The van der Waals surface area contributed by atoms with Crippen LogP contribution in [-0.4, -0.2) is 18.6 Å². The van der Waals surface area contributed by atoms with Crippen molar-refractivity contribution in [1.29, 1.82) is 0 Å². The molecule has 0 fully saturated rings. The van der Waals surface area contributed by atoms with Gasteiger partial charge in [-0.3, -0.25) is 4.79 Å². The highest BCUT2D eigenvalue weighted by molar-refractivity contribution is 5.81. The van der Waals surface area contributed by atoms with Crippen molar-refractivity contribution in [2.45, 2.75) is 39.3 Å². The number of para-hydroxylation sites is 1. The fourth-order valence-corrected chi connectivity index (χ4v) is 2.47. The van der Waals surface area contributed by atoms with Gasteiger partial charge in [0.05, 0.1) is 12.6 Å². The smallest absolute Gasteiger partial charge is 0.237 e. The van der Waals surface area contributed by atoms with Crippen molar-refractivity contribution in [3.63, 3.8) is 0 Å². The molecule has 2 aromatic carbocycles. The molecule has 0 aliphatic heterocycles.